The van der Waals surface area contributed by atoms with E-state index in [2.05, 4.69) is 48.5 Å². The number of aliphatic hydroxyl groups is 1. The third-order valence-corrected chi connectivity index (χ3v) is 16.4. The molecule has 56 heavy (non-hydrogen) atoms. The van der Waals surface area contributed by atoms with Gasteiger partial charge in [0.2, 0.25) is 5.91 Å². The lowest BCUT2D eigenvalue weighted by molar-refractivity contribution is -0.146. The molecule has 0 unspecified atom stereocenters. The lowest BCUT2D eigenvalue weighted by Gasteiger charge is -2.37. The summed E-state index contributed by atoms with van der Waals surface area (Å²) in [5.41, 5.74) is 4.91. The first-order valence-electron chi connectivity index (χ1n) is 19.4. The summed E-state index contributed by atoms with van der Waals surface area (Å²) in [4.78, 5) is 30.1. The van der Waals surface area contributed by atoms with Gasteiger partial charge in [-0.05, 0) is 53.4 Å². The number of carbonyl (C=O) groups excluding carboxylic acids is 2. The highest BCUT2D eigenvalue weighted by Crippen LogP contribution is 2.60. The van der Waals surface area contributed by atoms with Crippen LogP contribution in [-0.4, -0.2) is 65.5 Å². The fourth-order valence-electron chi connectivity index (χ4n) is 9.15. The Morgan fingerprint density at radius 2 is 1.66 bits per heavy atom. The predicted molar refractivity (Wildman–Crippen MR) is 219 cm³/mol. The second-order valence-corrected chi connectivity index (χ2v) is 20.3. The van der Waals surface area contributed by atoms with E-state index in [-0.39, 0.29) is 36.0 Å². The SMILES string of the molecule is COc1ccc([Si](C)(C)[C@H]2[C@H](CCn3cc(CCO)nn3)O[C@@]3(C(=O)N(Cc4ccc(N5N=C(c6ccccc6)CCC5=O)cc4)c4ccccc43)[C@@H]2C)cc1. The van der Waals surface area contributed by atoms with Gasteiger partial charge in [0.25, 0.3) is 5.91 Å². The molecular weight excluding hydrogens is 721 g/mol. The van der Waals surface area contributed by atoms with Crippen LogP contribution in [0.5, 0.6) is 5.75 Å². The molecule has 4 heterocycles. The maximum Gasteiger partial charge on any atom is 0.264 e. The van der Waals surface area contributed by atoms with Crippen molar-refractivity contribution in [2.45, 2.75) is 76.0 Å². The Kier molecular flexibility index (Phi) is 10.2. The summed E-state index contributed by atoms with van der Waals surface area (Å²) >= 11 is 0. The number of amides is 2. The molecule has 11 nitrogen and oxygen atoms in total. The van der Waals surface area contributed by atoms with Crippen LogP contribution in [0.25, 0.3) is 0 Å². The normalized spacial score (nSPS) is 22.2. The minimum Gasteiger partial charge on any atom is -0.497 e. The first kappa shape index (κ1) is 37.5. The van der Waals surface area contributed by atoms with Crippen molar-refractivity contribution in [2.24, 2.45) is 11.0 Å². The van der Waals surface area contributed by atoms with E-state index in [4.69, 9.17) is 14.6 Å². The van der Waals surface area contributed by atoms with Crippen molar-refractivity contribution in [1.29, 1.82) is 0 Å². The van der Waals surface area contributed by atoms with Crippen molar-refractivity contribution in [3.05, 3.63) is 132 Å². The van der Waals surface area contributed by atoms with Gasteiger partial charge in [-0.3, -0.25) is 14.3 Å². The predicted octanol–water partition coefficient (Wildman–Crippen LogP) is 6.21. The second-order valence-electron chi connectivity index (χ2n) is 15.6. The Bertz CT molecular complexity index is 2240. The monoisotopic (exact) mass is 768 g/mol. The molecule has 4 atom stereocenters. The molecule has 2 amide bonds. The third-order valence-electron chi connectivity index (χ3n) is 12.0. The second kappa shape index (κ2) is 15.2. The average molecular weight is 769 g/mol. The van der Waals surface area contributed by atoms with Crippen molar-refractivity contribution in [3.63, 3.8) is 0 Å². The molecule has 5 aromatic rings. The van der Waals surface area contributed by atoms with Crippen LogP contribution >= 0.6 is 0 Å². The van der Waals surface area contributed by atoms with E-state index in [9.17, 15) is 9.90 Å². The quantitative estimate of drug-likeness (QED) is 0.150. The molecule has 3 aliphatic rings. The summed E-state index contributed by atoms with van der Waals surface area (Å²) in [6, 6.07) is 34.2. The number of ether oxygens (including phenoxy) is 2. The summed E-state index contributed by atoms with van der Waals surface area (Å²) < 4.78 is 14.6. The summed E-state index contributed by atoms with van der Waals surface area (Å²) in [5, 5.41) is 25.5. The van der Waals surface area contributed by atoms with Gasteiger partial charge in [-0.2, -0.15) is 5.10 Å². The molecular formula is C44H48N6O5Si. The van der Waals surface area contributed by atoms with Crippen molar-refractivity contribution in [1.82, 2.24) is 15.0 Å². The summed E-state index contributed by atoms with van der Waals surface area (Å²) in [7, 11) is -0.646. The lowest BCUT2D eigenvalue weighted by atomic mass is 9.82. The molecule has 1 saturated heterocycles. The maximum atomic E-state index is 15.2. The maximum absolute atomic E-state index is 15.2. The molecule has 4 aromatic carbocycles. The third kappa shape index (κ3) is 6.65. The zero-order valence-corrected chi connectivity index (χ0v) is 33.3. The zero-order chi connectivity index (χ0) is 39.0. The van der Waals surface area contributed by atoms with E-state index < -0.39 is 13.7 Å². The van der Waals surface area contributed by atoms with Gasteiger partial charge in [0.1, 0.15) is 5.75 Å². The molecule has 0 radical (unpaired) electrons. The van der Waals surface area contributed by atoms with Crippen molar-refractivity contribution in [2.75, 3.05) is 23.6 Å². The number of nitrogens with zero attached hydrogens (tertiary/aromatic N) is 6. The average Bonchev–Trinajstić information content (AvgIpc) is 3.87. The first-order chi connectivity index (χ1) is 27.1. The Hall–Kier alpha value is -5.43. The highest BCUT2D eigenvalue weighted by molar-refractivity contribution is 6.91. The van der Waals surface area contributed by atoms with E-state index in [1.807, 2.05) is 101 Å². The topological polar surface area (TPSA) is 122 Å². The minimum atomic E-state index is -2.32. The Morgan fingerprint density at radius 3 is 2.39 bits per heavy atom. The minimum absolute atomic E-state index is 0.0125. The van der Waals surface area contributed by atoms with E-state index in [1.54, 1.807) is 7.11 Å². The van der Waals surface area contributed by atoms with Crippen LogP contribution in [-0.2, 0) is 39.4 Å². The number of fused-ring (bicyclic) bond motifs is 2. The molecule has 1 aromatic heterocycles. The Balaban J connectivity index is 1.10. The van der Waals surface area contributed by atoms with Crippen molar-refractivity contribution in [3.8, 4) is 5.75 Å². The van der Waals surface area contributed by atoms with Gasteiger partial charge in [0.15, 0.2) is 5.60 Å². The smallest absolute Gasteiger partial charge is 0.264 e. The van der Waals surface area contributed by atoms with Crippen LogP contribution in [0.3, 0.4) is 0 Å². The number of carbonyl (C=O) groups is 2. The highest BCUT2D eigenvalue weighted by Gasteiger charge is 2.66. The van der Waals surface area contributed by atoms with Gasteiger partial charge in [-0.1, -0.05) is 103 Å². The van der Waals surface area contributed by atoms with Crippen molar-refractivity contribution < 1.29 is 24.2 Å². The number of benzene rings is 4. The van der Waals surface area contributed by atoms with Crippen LogP contribution in [0.2, 0.25) is 18.6 Å². The van der Waals surface area contributed by atoms with Gasteiger partial charge in [-0.15, -0.1) is 5.10 Å². The molecule has 1 spiro atoms. The van der Waals surface area contributed by atoms with Gasteiger partial charge in [0, 0.05) is 50.1 Å². The van der Waals surface area contributed by atoms with E-state index in [1.165, 1.54) is 10.2 Å². The number of methoxy groups -OCH3 is 1. The number of hydrogen-bond acceptors (Lipinski definition) is 8. The van der Waals surface area contributed by atoms with Gasteiger partial charge < -0.3 is 19.5 Å². The summed E-state index contributed by atoms with van der Waals surface area (Å²) in [6.45, 7) is 7.89. The van der Waals surface area contributed by atoms with E-state index >= 15 is 4.79 Å². The zero-order valence-electron chi connectivity index (χ0n) is 32.3. The van der Waals surface area contributed by atoms with Crippen LogP contribution < -0.4 is 19.8 Å². The highest BCUT2D eigenvalue weighted by atomic mass is 28.3. The van der Waals surface area contributed by atoms with E-state index in [0.29, 0.717) is 44.5 Å². The first-order valence-corrected chi connectivity index (χ1v) is 22.5. The number of aromatic nitrogens is 3. The largest absolute Gasteiger partial charge is 0.497 e. The van der Waals surface area contributed by atoms with Crippen LogP contribution in [0.15, 0.2) is 114 Å². The molecule has 0 aliphatic carbocycles. The fraction of sp³-hybridized carbons (Fsp3) is 0.341. The number of hydrazone groups is 1. The van der Waals surface area contributed by atoms with Crippen LogP contribution in [0, 0.1) is 5.92 Å². The Labute approximate surface area is 328 Å². The molecule has 1 N–H and O–H groups in total. The van der Waals surface area contributed by atoms with E-state index in [0.717, 1.165) is 39.5 Å². The molecule has 3 aliphatic heterocycles. The summed E-state index contributed by atoms with van der Waals surface area (Å²) in [6.07, 6.45) is 3.72. The molecule has 8 rings (SSSR count). The van der Waals surface area contributed by atoms with Gasteiger partial charge in [-0.25, -0.2) is 5.01 Å². The number of aryl methyl sites for hydroxylation is 1. The van der Waals surface area contributed by atoms with Gasteiger partial charge in [0.05, 0.1) is 50.6 Å². The van der Waals surface area contributed by atoms with Crippen LogP contribution in [0.4, 0.5) is 11.4 Å². The van der Waals surface area contributed by atoms with Crippen molar-refractivity contribution >= 4 is 42.2 Å². The number of para-hydroxylation sites is 1. The van der Waals surface area contributed by atoms with Gasteiger partial charge >= 0.3 is 0 Å². The fourth-order valence-corrected chi connectivity index (χ4v) is 13.2. The standard InChI is InChI=1S/C44H48N6O5Si/c1-30-42(56(3,4)36-20-18-35(54-2)19-21-36)40(24-26-48-29-33(25-27-51)45-47-48)55-44(30)37-12-8-9-13-39(37)49(43(44)53)28-31-14-16-34(17-15-31)50-41(52)23-22-38(46-50)32-10-6-5-7-11-32/h5-21,29-30,40,42,51H,22-28H2,1-4H3/t30-,40+,42-,44+/m1/s1. The molecule has 0 bridgehead atoms. The number of rotatable bonds is 12. The number of hydrogen-bond donors (Lipinski definition) is 1. The summed E-state index contributed by atoms with van der Waals surface area (Å²) in [5.74, 6) is 0.564. The number of aliphatic hydroxyl groups excluding tert-OH is 1. The number of anilines is 2. The van der Waals surface area contributed by atoms with Crippen LogP contribution in [0.1, 0.15) is 48.6 Å². The Morgan fingerprint density at radius 1 is 0.929 bits per heavy atom. The molecule has 1 fully saturated rings. The lowest BCUT2D eigenvalue weighted by Crippen LogP contribution is -2.51. The molecule has 0 saturated carbocycles. The molecule has 288 valence electrons. The molecule has 12 heteroatoms.